The number of hydrogen-bond acceptors (Lipinski definition) is 3. The van der Waals surface area contributed by atoms with Crippen molar-refractivity contribution in [2.45, 2.75) is 6.42 Å². The molecule has 78 valence electrons. The summed E-state index contributed by atoms with van der Waals surface area (Å²) in [5, 5.41) is 8.59. The zero-order chi connectivity index (χ0) is 11.0. The van der Waals surface area contributed by atoms with E-state index in [1.165, 1.54) is 5.56 Å². The number of carbonyl (C=O) groups is 2. The molecule has 0 unspecified atom stereocenters. The van der Waals surface area contributed by atoms with Crippen LogP contribution in [0.2, 0.25) is 0 Å². The summed E-state index contributed by atoms with van der Waals surface area (Å²) >= 11 is 0. The van der Waals surface area contributed by atoms with E-state index in [0.29, 0.717) is 0 Å². The lowest BCUT2D eigenvalue weighted by molar-refractivity contribution is -0.131. The van der Waals surface area contributed by atoms with Gasteiger partial charge in [0, 0.05) is 24.8 Å². The van der Waals surface area contributed by atoms with Gasteiger partial charge in [-0.1, -0.05) is 12.1 Å². The molecule has 1 aromatic carbocycles. The van der Waals surface area contributed by atoms with Crippen molar-refractivity contribution in [3.05, 3.63) is 29.3 Å². The summed E-state index contributed by atoms with van der Waals surface area (Å²) in [4.78, 5) is 23.8. The molecule has 0 bridgehead atoms. The van der Waals surface area contributed by atoms with Crippen molar-refractivity contribution in [2.75, 3.05) is 18.5 Å². The summed E-state index contributed by atoms with van der Waals surface area (Å²) in [5.74, 6) is -2.26. The molecule has 1 N–H and O–H groups in total. The van der Waals surface area contributed by atoms with Crippen LogP contribution < -0.4 is 4.90 Å². The van der Waals surface area contributed by atoms with Crippen LogP contribution in [0.25, 0.3) is 0 Å². The molecule has 2 rings (SSSR count). The number of ketones is 1. The Hall–Kier alpha value is -1.84. The number of benzene rings is 1. The molecule has 0 amide bonds. The number of rotatable bonds is 2. The first-order valence-electron chi connectivity index (χ1n) is 4.71. The molecular weight excluding hydrogens is 194 g/mol. The molecule has 0 saturated carbocycles. The van der Waals surface area contributed by atoms with Crippen LogP contribution in [0.3, 0.4) is 0 Å². The highest BCUT2D eigenvalue weighted by Gasteiger charge is 2.20. The standard InChI is InChI=1S/C11H11NO3/c1-12-5-4-7-2-3-8(6-9(7)12)10(13)11(14)15/h2-3,6H,4-5H2,1H3,(H,14,15). The fourth-order valence-electron chi connectivity index (χ4n) is 1.80. The Balaban J connectivity index is 2.41. The number of aliphatic carboxylic acids is 1. The van der Waals surface area contributed by atoms with Gasteiger partial charge in [-0.05, 0) is 18.1 Å². The SMILES string of the molecule is CN1CCc2ccc(C(=O)C(=O)O)cc21. The minimum Gasteiger partial charge on any atom is -0.475 e. The fraction of sp³-hybridized carbons (Fsp3) is 0.273. The molecule has 0 radical (unpaired) electrons. The number of carboxylic acids is 1. The molecule has 1 aliphatic rings. The van der Waals surface area contributed by atoms with E-state index in [0.717, 1.165) is 18.7 Å². The highest BCUT2D eigenvalue weighted by atomic mass is 16.4. The topological polar surface area (TPSA) is 57.6 Å². The largest absolute Gasteiger partial charge is 0.475 e. The van der Waals surface area contributed by atoms with Gasteiger partial charge in [0.25, 0.3) is 5.78 Å². The van der Waals surface area contributed by atoms with Crippen LogP contribution in [0.1, 0.15) is 15.9 Å². The molecule has 15 heavy (non-hydrogen) atoms. The van der Waals surface area contributed by atoms with Gasteiger partial charge in [0.15, 0.2) is 0 Å². The van der Waals surface area contributed by atoms with Crippen molar-refractivity contribution >= 4 is 17.4 Å². The van der Waals surface area contributed by atoms with Crippen LogP contribution in [-0.4, -0.2) is 30.5 Å². The number of Topliss-reactive ketones (excluding diaryl/α,β-unsaturated/α-hetero) is 1. The van der Waals surface area contributed by atoms with Crippen LogP contribution in [0.4, 0.5) is 5.69 Å². The van der Waals surface area contributed by atoms with Crippen molar-refractivity contribution < 1.29 is 14.7 Å². The quantitative estimate of drug-likeness (QED) is 0.576. The van der Waals surface area contributed by atoms with Crippen molar-refractivity contribution in [1.82, 2.24) is 0 Å². The first-order valence-corrected chi connectivity index (χ1v) is 4.71. The number of anilines is 1. The number of carboxylic acid groups (broad SMARTS) is 1. The van der Waals surface area contributed by atoms with Gasteiger partial charge in [0.1, 0.15) is 0 Å². The van der Waals surface area contributed by atoms with E-state index in [1.807, 2.05) is 18.0 Å². The maximum atomic E-state index is 11.2. The van der Waals surface area contributed by atoms with Gasteiger partial charge in [0.05, 0.1) is 0 Å². The number of carbonyl (C=O) groups excluding carboxylic acids is 1. The van der Waals surface area contributed by atoms with Gasteiger partial charge < -0.3 is 10.0 Å². The normalized spacial score (nSPS) is 13.8. The van der Waals surface area contributed by atoms with E-state index >= 15 is 0 Å². The second-order valence-corrected chi connectivity index (χ2v) is 3.65. The molecule has 1 aliphatic heterocycles. The monoisotopic (exact) mass is 205 g/mol. The number of nitrogens with zero attached hydrogens (tertiary/aromatic N) is 1. The third-order valence-corrected chi connectivity index (χ3v) is 2.67. The molecule has 4 heteroatoms. The van der Waals surface area contributed by atoms with Gasteiger partial charge in [0.2, 0.25) is 0 Å². The number of hydrogen-bond donors (Lipinski definition) is 1. The summed E-state index contributed by atoms with van der Waals surface area (Å²) in [6.45, 7) is 0.917. The average Bonchev–Trinajstić information content (AvgIpc) is 2.59. The summed E-state index contributed by atoms with van der Waals surface area (Å²) in [5.41, 5.74) is 2.37. The van der Waals surface area contributed by atoms with Gasteiger partial charge in [-0.3, -0.25) is 4.79 Å². The minimum absolute atomic E-state index is 0.245. The van der Waals surface area contributed by atoms with Crippen LogP contribution in [0, 0.1) is 0 Å². The molecule has 0 saturated heterocycles. The predicted octanol–water partition coefficient (Wildman–Crippen LogP) is 0.946. The second kappa shape index (κ2) is 3.38. The Morgan fingerprint density at radius 1 is 1.40 bits per heavy atom. The Morgan fingerprint density at radius 3 is 2.80 bits per heavy atom. The maximum absolute atomic E-state index is 11.2. The summed E-state index contributed by atoms with van der Waals surface area (Å²) in [7, 11) is 1.93. The van der Waals surface area contributed by atoms with Gasteiger partial charge >= 0.3 is 5.97 Å². The molecule has 1 aromatic rings. The Morgan fingerprint density at radius 2 is 2.13 bits per heavy atom. The van der Waals surface area contributed by atoms with E-state index in [-0.39, 0.29) is 5.56 Å². The van der Waals surface area contributed by atoms with Crippen LogP contribution >= 0.6 is 0 Å². The third kappa shape index (κ3) is 1.58. The Kier molecular flexibility index (Phi) is 2.19. The van der Waals surface area contributed by atoms with Gasteiger partial charge in [-0.2, -0.15) is 0 Å². The predicted molar refractivity (Wildman–Crippen MR) is 55.4 cm³/mol. The molecule has 0 fully saturated rings. The fourth-order valence-corrected chi connectivity index (χ4v) is 1.80. The summed E-state index contributed by atoms with van der Waals surface area (Å²) in [6, 6.07) is 5.06. The highest BCUT2D eigenvalue weighted by molar-refractivity contribution is 6.40. The second-order valence-electron chi connectivity index (χ2n) is 3.65. The van der Waals surface area contributed by atoms with Crippen molar-refractivity contribution in [1.29, 1.82) is 0 Å². The van der Waals surface area contributed by atoms with Crippen LogP contribution in [0.15, 0.2) is 18.2 Å². The average molecular weight is 205 g/mol. The first kappa shape index (κ1) is 9.71. The smallest absolute Gasteiger partial charge is 0.377 e. The van der Waals surface area contributed by atoms with E-state index < -0.39 is 11.8 Å². The molecule has 0 aromatic heterocycles. The van der Waals surface area contributed by atoms with Crippen LogP contribution in [0.5, 0.6) is 0 Å². The van der Waals surface area contributed by atoms with Gasteiger partial charge in [-0.15, -0.1) is 0 Å². The molecular formula is C11H11NO3. The zero-order valence-corrected chi connectivity index (χ0v) is 8.36. The Bertz CT molecular complexity index is 439. The van der Waals surface area contributed by atoms with E-state index in [9.17, 15) is 9.59 Å². The summed E-state index contributed by atoms with van der Waals surface area (Å²) in [6.07, 6.45) is 0.952. The lowest BCUT2D eigenvalue weighted by atomic mass is 10.1. The number of likely N-dealkylation sites (N-methyl/N-ethyl adjacent to an activating group) is 1. The minimum atomic E-state index is -1.41. The van der Waals surface area contributed by atoms with Crippen molar-refractivity contribution in [3.8, 4) is 0 Å². The first-order chi connectivity index (χ1) is 7.09. The molecule has 1 heterocycles. The lowest BCUT2D eigenvalue weighted by Crippen LogP contribution is -2.15. The highest BCUT2D eigenvalue weighted by Crippen LogP contribution is 2.27. The van der Waals surface area contributed by atoms with E-state index in [1.54, 1.807) is 12.1 Å². The van der Waals surface area contributed by atoms with Crippen LogP contribution in [-0.2, 0) is 11.2 Å². The number of fused-ring (bicyclic) bond motifs is 1. The lowest BCUT2D eigenvalue weighted by Gasteiger charge is -2.12. The maximum Gasteiger partial charge on any atom is 0.377 e. The molecule has 4 nitrogen and oxygen atoms in total. The molecule has 0 atom stereocenters. The summed E-state index contributed by atoms with van der Waals surface area (Å²) < 4.78 is 0. The zero-order valence-electron chi connectivity index (χ0n) is 8.36. The Labute approximate surface area is 87.1 Å². The van der Waals surface area contributed by atoms with Gasteiger partial charge in [-0.25, -0.2) is 4.79 Å². The molecule has 0 spiro atoms. The van der Waals surface area contributed by atoms with E-state index in [2.05, 4.69) is 0 Å². The van der Waals surface area contributed by atoms with E-state index in [4.69, 9.17) is 5.11 Å². The molecule has 0 aliphatic carbocycles. The third-order valence-electron chi connectivity index (χ3n) is 2.67. The van der Waals surface area contributed by atoms with Crippen molar-refractivity contribution in [3.63, 3.8) is 0 Å². The van der Waals surface area contributed by atoms with Crippen molar-refractivity contribution in [2.24, 2.45) is 0 Å².